The van der Waals surface area contributed by atoms with E-state index in [1.807, 2.05) is 0 Å². The van der Waals surface area contributed by atoms with Gasteiger partial charge < -0.3 is 15.5 Å². The molecule has 0 spiro atoms. The molecule has 0 saturated heterocycles. The van der Waals surface area contributed by atoms with Crippen LogP contribution >= 0.6 is 0 Å². The van der Waals surface area contributed by atoms with Crippen LogP contribution in [-0.2, 0) is 4.79 Å². The first kappa shape index (κ1) is 17.0. The Balaban J connectivity index is 3.17. The normalized spacial score (nSPS) is 12.6. The lowest BCUT2D eigenvalue weighted by Gasteiger charge is -2.15. The molecule has 0 aliphatic carbocycles. The summed E-state index contributed by atoms with van der Waals surface area (Å²) < 4.78 is 50.2. The molecule has 3 N–H and O–H groups in total. The summed E-state index contributed by atoms with van der Waals surface area (Å²) >= 11 is 0. The van der Waals surface area contributed by atoms with Gasteiger partial charge in [-0.15, -0.1) is 0 Å². The Labute approximate surface area is 117 Å². The molecule has 0 heterocycles. The number of aromatic hydroxyl groups is 1. The number of rotatable bonds is 7. The van der Waals surface area contributed by atoms with Crippen LogP contribution in [-0.4, -0.2) is 41.5 Å². The van der Waals surface area contributed by atoms with E-state index in [0.29, 0.717) is 0 Å². The molecule has 0 aromatic heterocycles. The van der Waals surface area contributed by atoms with E-state index in [9.17, 15) is 27.5 Å². The number of allylic oxidation sites excluding steroid dienone is 1. The van der Waals surface area contributed by atoms with Gasteiger partial charge >= 0.3 is 12.3 Å². The molecule has 0 radical (unpaired) electrons. The van der Waals surface area contributed by atoms with Crippen LogP contribution in [0.3, 0.4) is 0 Å². The van der Waals surface area contributed by atoms with Crippen molar-refractivity contribution < 1.29 is 32.6 Å². The number of phenols is 1. The summed E-state index contributed by atoms with van der Waals surface area (Å²) in [5, 5.41) is 20.7. The fourth-order valence-electron chi connectivity index (χ4n) is 1.45. The number of hydrogen-bond acceptors (Lipinski definition) is 4. The van der Waals surface area contributed by atoms with Crippen molar-refractivity contribution in [2.45, 2.75) is 12.3 Å². The number of carbonyl (C=O) groups is 1. The van der Waals surface area contributed by atoms with E-state index >= 15 is 0 Å². The smallest absolute Gasteiger partial charge is 0.368 e. The molecule has 0 aliphatic rings. The number of aliphatic hydroxyl groups excluding tert-OH is 1. The maximum atomic E-state index is 13.0. The van der Waals surface area contributed by atoms with Crippen LogP contribution in [0, 0.1) is 0 Å². The highest BCUT2D eigenvalue weighted by Crippen LogP contribution is 2.28. The van der Waals surface area contributed by atoms with Crippen molar-refractivity contribution >= 4 is 11.5 Å². The van der Waals surface area contributed by atoms with E-state index in [1.54, 1.807) is 0 Å². The maximum absolute atomic E-state index is 13.0. The van der Waals surface area contributed by atoms with Crippen molar-refractivity contribution in [1.82, 2.24) is 5.32 Å². The summed E-state index contributed by atoms with van der Waals surface area (Å²) in [5.41, 5.74) is -0.308. The second-order valence-electron chi connectivity index (χ2n) is 4.01. The summed E-state index contributed by atoms with van der Waals surface area (Å²) in [7, 11) is 0. The van der Waals surface area contributed by atoms with Gasteiger partial charge in [-0.3, -0.25) is 4.79 Å². The number of nitrogens with one attached hydrogen (secondary N) is 1. The van der Waals surface area contributed by atoms with Crippen molar-refractivity contribution in [3.05, 3.63) is 35.9 Å². The number of hydrogen-bond donors (Lipinski definition) is 3. The second-order valence-corrected chi connectivity index (χ2v) is 4.01. The van der Waals surface area contributed by atoms with Crippen molar-refractivity contribution in [1.29, 1.82) is 0 Å². The number of phenolic OH excluding ortho intramolecular Hbond substituents is 1. The standard InChI is InChI=1S/C13H13F4NO3/c14-12(15)13(16,17)11(21)7-9(18-5-6-19)8-3-1-2-4-10(8)20/h1-4,7,12,18-20H,5-6H2. The lowest BCUT2D eigenvalue weighted by atomic mass is 10.1. The fraction of sp³-hybridized carbons (Fsp3) is 0.308. The Morgan fingerprint density at radius 2 is 1.95 bits per heavy atom. The first-order valence-corrected chi connectivity index (χ1v) is 5.86. The minimum absolute atomic E-state index is 0.0237. The molecule has 116 valence electrons. The number of carbonyl (C=O) groups excluding carboxylic acids is 1. The van der Waals surface area contributed by atoms with Crippen LogP contribution in [0.2, 0.25) is 0 Å². The predicted octanol–water partition coefficient (Wildman–Crippen LogP) is 1.78. The fourth-order valence-corrected chi connectivity index (χ4v) is 1.45. The van der Waals surface area contributed by atoms with E-state index in [0.717, 1.165) is 0 Å². The first-order valence-electron chi connectivity index (χ1n) is 5.86. The quantitative estimate of drug-likeness (QED) is 0.530. The van der Waals surface area contributed by atoms with Crippen molar-refractivity contribution in [3.63, 3.8) is 0 Å². The maximum Gasteiger partial charge on any atom is 0.368 e. The third-order valence-electron chi connectivity index (χ3n) is 2.50. The van der Waals surface area contributed by atoms with Gasteiger partial charge in [0.05, 0.1) is 6.61 Å². The van der Waals surface area contributed by atoms with Gasteiger partial charge in [-0.2, -0.15) is 8.78 Å². The van der Waals surface area contributed by atoms with E-state index in [-0.39, 0.29) is 36.2 Å². The minimum Gasteiger partial charge on any atom is -0.507 e. The molecule has 0 unspecified atom stereocenters. The van der Waals surface area contributed by atoms with Gasteiger partial charge in [-0.05, 0) is 12.1 Å². The van der Waals surface area contributed by atoms with Gasteiger partial charge in [0, 0.05) is 23.9 Å². The number of halogens is 4. The highest BCUT2D eigenvalue weighted by Gasteiger charge is 2.47. The van der Waals surface area contributed by atoms with Crippen LogP contribution in [0.5, 0.6) is 5.75 Å². The molecule has 1 rings (SSSR count). The number of aliphatic hydroxyl groups is 1. The Morgan fingerprint density at radius 3 is 2.48 bits per heavy atom. The van der Waals surface area contributed by atoms with Gasteiger partial charge in [0.15, 0.2) is 0 Å². The van der Waals surface area contributed by atoms with Crippen LogP contribution in [0.4, 0.5) is 17.6 Å². The molecule has 0 amide bonds. The molecule has 0 fully saturated rings. The number of para-hydroxylation sites is 1. The highest BCUT2D eigenvalue weighted by atomic mass is 19.3. The van der Waals surface area contributed by atoms with Crippen molar-refractivity contribution in [2.75, 3.05) is 13.2 Å². The molecule has 0 aliphatic heterocycles. The Kier molecular flexibility index (Phi) is 5.71. The molecular weight excluding hydrogens is 294 g/mol. The Morgan fingerprint density at radius 1 is 1.33 bits per heavy atom. The van der Waals surface area contributed by atoms with Crippen LogP contribution in [0.25, 0.3) is 5.70 Å². The second kappa shape index (κ2) is 7.07. The highest BCUT2D eigenvalue weighted by molar-refractivity contribution is 6.01. The molecule has 1 aromatic carbocycles. The van der Waals surface area contributed by atoms with E-state index in [4.69, 9.17) is 5.11 Å². The molecule has 0 saturated carbocycles. The van der Waals surface area contributed by atoms with Gasteiger partial charge in [-0.1, -0.05) is 12.1 Å². The summed E-state index contributed by atoms with van der Waals surface area (Å²) in [6, 6.07) is 5.45. The SMILES string of the molecule is O=C(C=C(NCCO)c1ccccc1O)C(F)(F)C(F)F. The monoisotopic (exact) mass is 307 g/mol. The van der Waals surface area contributed by atoms with Gasteiger partial charge in [0.25, 0.3) is 0 Å². The molecule has 0 atom stereocenters. The van der Waals surface area contributed by atoms with Gasteiger partial charge in [-0.25, -0.2) is 8.78 Å². The predicted molar refractivity (Wildman–Crippen MR) is 67.1 cm³/mol. The zero-order valence-electron chi connectivity index (χ0n) is 10.7. The molecule has 1 aromatic rings. The van der Waals surface area contributed by atoms with Gasteiger partial charge in [0.2, 0.25) is 5.78 Å². The van der Waals surface area contributed by atoms with Crippen LogP contribution < -0.4 is 5.32 Å². The number of alkyl halides is 4. The third kappa shape index (κ3) is 4.19. The van der Waals surface area contributed by atoms with Crippen molar-refractivity contribution in [3.8, 4) is 5.75 Å². The zero-order valence-corrected chi connectivity index (χ0v) is 10.7. The zero-order chi connectivity index (χ0) is 16.0. The molecule has 4 nitrogen and oxygen atoms in total. The first-order chi connectivity index (χ1) is 9.80. The largest absolute Gasteiger partial charge is 0.507 e. The average Bonchev–Trinajstić information content (AvgIpc) is 2.43. The van der Waals surface area contributed by atoms with Crippen LogP contribution in [0.15, 0.2) is 30.3 Å². The van der Waals surface area contributed by atoms with Gasteiger partial charge in [0.1, 0.15) is 5.75 Å². The number of benzene rings is 1. The molecule has 8 heteroatoms. The molecule has 0 bridgehead atoms. The Hall–Kier alpha value is -2.09. The minimum atomic E-state index is -4.82. The van der Waals surface area contributed by atoms with E-state index in [2.05, 4.69) is 5.32 Å². The van der Waals surface area contributed by atoms with E-state index < -0.39 is 18.1 Å². The summed E-state index contributed by atoms with van der Waals surface area (Å²) in [6.45, 7) is -0.502. The summed E-state index contributed by atoms with van der Waals surface area (Å²) in [6.07, 6.45) is -3.85. The lowest BCUT2D eigenvalue weighted by Crippen LogP contribution is -2.36. The molecule has 21 heavy (non-hydrogen) atoms. The number of ketones is 1. The Bertz CT molecular complexity index is 532. The third-order valence-corrected chi connectivity index (χ3v) is 2.50. The van der Waals surface area contributed by atoms with E-state index in [1.165, 1.54) is 24.3 Å². The summed E-state index contributed by atoms with van der Waals surface area (Å²) in [4.78, 5) is 11.3. The molecular formula is C13H13F4NO3. The topological polar surface area (TPSA) is 69.6 Å². The van der Waals surface area contributed by atoms with Crippen molar-refractivity contribution in [2.24, 2.45) is 0 Å². The average molecular weight is 307 g/mol. The lowest BCUT2D eigenvalue weighted by molar-refractivity contribution is -0.161. The van der Waals surface area contributed by atoms with Crippen LogP contribution in [0.1, 0.15) is 5.56 Å². The summed E-state index contributed by atoms with van der Waals surface area (Å²) in [5.74, 6) is -7.25.